The van der Waals surface area contributed by atoms with E-state index in [1.165, 1.54) is 0 Å². The maximum absolute atomic E-state index is 13.0. The van der Waals surface area contributed by atoms with Crippen molar-refractivity contribution < 1.29 is 4.79 Å². The lowest BCUT2D eigenvalue weighted by Gasteiger charge is -2.32. The van der Waals surface area contributed by atoms with Gasteiger partial charge in [-0.3, -0.25) is 14.6 Å². The quantitative estimate of drug-likeness (QED) is 0.750. The molecular formula is C18H23N7O. The Balaban J connectivity index is 1.56. The van der Waals surface area contributed by atoms with E-state index in [1.54, 1.807) is 0 Å². The molecule has 0 radical (unpaired) electrons. The number of aryl methyl sites for hydroxylation is 2. The summed E-state index contributed by atoms with van der Waals surface area (Å²) in [6.45, 7) is 6.09. The molecule has 0 aliphatic carbocycles. The molecule has 8 nitrogen and oxygen atoms in total. The molecule has 8 heteroatoms. The first kappa shape index (κ1) is 16.6. The number of carbonyl (C=O) groups excluding carboxylic acids is 1. The molecule has 26 heavy (non-hydrogen) atoms. The number of amides is 1. The Morgan fingerprint density at radius 3 is 3.04 bits per heavy atom. The molecule has 3 N–H and O–H groups in total. The van der Waals surface area contributed by atoms with Gasteiger partial charge in [0.25, 0.3) is 5.91 Å². The summed E-state index contributed by atoms with van der Waals surface area (Å²) in [5.41, 5.74) is 8.90. The number of likely N-dealkylation sites (tertiary alicyclic amines) is 1. The molecule has 0 saturated carbocycles. The van der Waals surface area contributed by atoms with Gasteiger partial charge in [-0.05, 0) is 38.8 Å². The number of H-pyrrole nitrogens is 1. The minimum Gasteiger partial charge on any atom is -0.384 e. The van der Waals surface area contributed by atoms with Crippen molar-refractivity contribution in [2.45, 2.75) is 39.2 Å². The Labute approximate surface area is 151 Å². The van der Waals surface area contributed by atoms with Gasteiger partial charge in [-0.1, -0.05) is 0 Å². The first-order valence-corrected chi connectivity index (χ1v) is 9.00. The number of hydrogen-bond acceptors (Lipinski definition) is 5. The zero-order valence-corrected chi connectivity index (χ0v) is 15.1. The van der Waals surface area contributed by atoms with Crippen LogP contribution in [0, 0.1) is 6.92 Å². The highest BCUT2D eigenvalue weighted by molar-refractivity contribution is 5.95. The SMILES string of the molecule is CCn1cc(C(=O)N2CCC[C@@H](c3ccc4c(N)[nH]nc4n3)C2)c(C)n1. The number of nitrogen functional groups attached to an aromatic ring is 1. The zero-order valence-electron chi connectivity index (χ0n) is 15.1. The first-order chi connectivity index (χ1) is 12.6. The van der Waals surface area contributed by atoms with Gasteiger partial charge in [-0.15, -0.1) is 0 Å². The van der Waals surface area contributed by atoms with Crippen LogP contribution < -0.4 is 5.73 Å². The summed E-state index contributed by atoms with van der Waals surface area (Å²) in [5.74, 6) is 0.788. The molecule has 3 aromatic heterocycles. The van der Waals surface area contributed by atoms with Crippen molar-refractivity contribution in [2.24, 2.45) is 0 Å². The Kier molecular flexibility index (Phi) is 4.10. The zero-order chi connectivity index (χ0) is 18.3. The van der Waals surface area contributed by atoms with Crippen molar-refractivity contribution in [3.05, 3.63) is 35.3 Å². The van der Waals surface area contributed by atoms with Crippen LogP contribution in [0.2, 0.25) is 0 Å². The lowest BCUT2D eigenvalue weighted by atomic mass is 9.93. The van der Waals surface area contributed by atoms with Crippen LogP contribution in [0.4, 0.5) is 5.82 Å². The van der Waals surface area contributed by atoms with Gasteiger partial charge >= 0.3 is 0 Å². The molecule has 1 aliphatic heterocycles. The molecule has 1 atom stereocenters. The van der Waals surface area contributed by atoms with Crippen LogP contribution in [0.3, 0.4) is 0 Å². The van der Waals surface area contributed by atoms with Crippen molar-refractivity contribution in [2.75, 3.05) is 18.8 Å². The molecule has 3 aromatic rings. The molecule has 1 fully saturated rings. The van der Waals surface area contributed by atoms with E-state index in [0.29, 0.717) is 23.6 Å². The number of aromatic amines is 1. The lowest BCUT2D eigenvalue weighted by Crippen LogP contribution is -2.39. The van der Waals surface area contributed by atoms with Crippen LogP contribution >= 0.6 is 0 Å². The van der Waals surface area contributed by atoms with Crippen LogP contribution in [-0.4, -0.2) is 48.9 Å². The predicted octanol–water partition coefficient (Wildman–Crippen LogP) is 2.08. The molecule has 1 amide bonds. The van der Waals surface area contributed by atoms with Gasteiger partial charge < -0.3 is 10.6 Å². The highest BCUT2D eigenvalue weighted by Gasteiger charge is 2.28. The van der Waals surface area contributed by atoms with Crippen molar-refractivity contribution in [3.63, 3.8) is 0 Å². The summed E-state index contributed by atoms with van der Waals surface area (Å²) in [4.78, 5) is 19.5. The van der Waals surface area contributed by atoms with Gasteiger partial charge in [0.05, 0.1) is 16.6 Å². The number of carbonyl (C=O) groups is 1. The number of rotatable bonds is 3. The molecule has 0 unspecified atom stereocenters. The van der Waals surface area contributed by atoms with Gasteiger partial charge in [0, 0.05) is 37.4 Å². The summed E-state index contributed by atoms with van der Waals surface area (Å²) < 4.78 is 1.81. The standard InChI is InChI=1S/C18H23N7O/c1-3-25-10-14(11(2)23-25)18(26)24-8-4-5-12(9-24)15-7-6-13-16(19)21-22-17(13)20-15/h6-7,10,12H,3-5,8-9H2,1-2H3,(H3,19,20,21,22)/t12-/m1/s1. The maximum Gasteiger partial charge on any atom is 0.257 e. The van der Waals surface area contributed by atoms with Crippen molar-refractivity contribution in [1.82, 2.24) is 29.9 Å². The van der Waals surface area contributed by atoms with Crippen molar-refractivity contribution >= 4 is 22.8 Å². The van der Waals surface area contributed by atoms with Crippen LogP contribution in [0.15, 0.2) is 18.3 Å². The van der Waals surface area contributed by atoms with Gasteiger partial charge in [-0.25, -0.2) is 4.98 Å². The first-order valence-electron chi connectivity index (χ1n) is 9.00. The Morgan fingerprint density at radius 2 is 2.27 bits per heavy atom. The molecule has 1 aliphatic rings. The number of nitrogens with zero attached hydrogens (tertiary/aromatic N) is 5. The summed E-state index contributed by atoms with van der Waals surface area (Å²) >= 11 is 0. The fraction of sp³-hybridized carbons (Fsp3) is 0.444. The lowest BCUT2D eigenvalue weighted by molar-refractivity contribution is 0.0705. The average molecular weight is 353 g/mol. The van der Waals surface area contributed by atoms with E-state index < -0.39 is 0 Å². The van der Waals surface area contributed by atoms with E-state index in [2.05, 4.69) is 20.3 Å². The number of anilines is 1. The average Bonchev–Trinajstić information content (AvgIpc) is 3.23. The number of aromatic nitrogens is 5. The number of hydrogen-bond donors (Lipinski definition) is 2. The van der Waals surface area contributed by atoms with E-state index in [9.17, 15) is 4.79 Å². The highest BCUT2D eigenvalue weighted by atomic mass is 16.2. The van der Waals surface area contributed by atoms with Gasteiger partial charge in [0.2, 0.25) is 0 Å². The van der Waals surface area contributed by atoms with E-state index in [4.69, 9.17) is 5.73 Å². The largest absolute Gasteiger partial charge is 0.384 e. The van der Waals surface area contributed by atoms with Gasteiger partial charge in [0.15, 0.2) is 5.65 Å². The normalized spacial score (nSPS) is 17.8. The molecule has 1 saturated heterocycles. The Morgan fingerprint density at radius 1 is 1.42 bits per heavy atom. The topological polar surface area (TPSA) is 106 Å². The number of pyridine rings is 1. The molecule has 136 valence electrons. The summed E-state index contributed by atoms with van der Waals surface area (Å²) in [6.07, 6.45) is 3.81. The highest BCUT2D eigenvalue weighted by Crippen LogP contribution is 2.28. The number of piperidine rings is 1. The monoisotopic (exact) mass is 353 g/mol. The van der Waals surface area contributed by atoms with Gasteiger partial charge in [0.1, 0.15) is 5.82 Å². The fourth-order valence-corrected chi connectivity index (χ4v) is 3.62. The second kappa shape index (κ2) is 6.44. The van der Waals surface area contributed by atoms with E-state index in [1.807, 2.05) is 41.8 Å². The number of nitrogens with two attached hydrogens (primary N) is 1. The molecule has 4 rings (SSSR count). The molecule has 0 aromatic carbocycles. The molecule has 0 bridgehead atoms. The minimum atomic E-state index is 0.0528. The maximum atomic E-state index is 13.0. The Bertz CT molecular complexity index is 958. The Hall–Kier alpha value is -2.90. The van der Waals surface area contributed by atoms with E-state index in [-0.39, 0.29) is 11.8 Å². The van der Waals surface area contributed by atoms with Crippen LogP contribution in [-0.2, 0) is 6.54 Å². The summed E-state index contributed by atoms with van der Waals surface area (Å²) in [7, 11) is 0. The summed E-state index contributed by atoms with van der Waals surface area (Å²) in [5, 5.41) is 12.1. The number of nitrogens with one attached hydrogen (secondary N) is 1. The second-order valence-corrected chi connectivity index (χ2v) is 6.82. The van der Waals surface area contributed by atoms with Crippen LogP contribution in [0.25, 0.3) is 11.0 Å². The third-order valence-corrected chi connectivity index (χ3v) is 5.10. The van der Waals surface area contributed by atoms with E-state index in [0.717, 1.165) is 42.7 Å². The van der Waals surface area contributed by atoms with E-state index >= 15 is 0 Å². The van der Waals surface area contributed by atoms with Crippen LogP contribution in [0.1, 0.15) is 47.4 Å². The van der Waals surface area contributed by atoms with Gasteiger partial charge in [-0.2, -0.15) is 10.2 Å². The molecular weight excluding hydrogens is 330 g/mol. The fourth-order valence-electron chi connectivity index (χ4n) is 3.62. The van der Waals surface area contributed by atoms with Crippen molar-refractivity contribution in [1.29, 1.82) is 0 Å². The molecule has 4 heterocycles. The smallest absolute Gasteiger partial charge is 0.257 e. The third-order valence-electron chi connectivity index (χ3n) is 5.10. The summed E-state index contributed by atoms with van der Waals surface area (Å²) in [6, 6.07) is 3.94. The third kappa shape index (κ3) is 2.81. The predicted molar refractivity (Wildman–Crippen MR) is 98.8 cm³/mol. The second-order valence-electron chi connectivity index (χ2n) is 6.82. The molecule has 0 spiro atoms. The number of fused-ring (bicyclic) bond motifs is 1. The minimum absolute atomic E-state index is 0.0528. The van der Waals surface area contributed by atoms with Crippen molar-refractivity contribution in [3.8, 4) is 0 Å². The van der Waals surface area contributed by atoms with Crippen LogP contribution in [0.5, 0.6) is 0 Å².